The Labute approximate surface area is 179 Å². The number of ether oxygens (including phenoxy) is 2. The normalized spacial score (nSPS) is 14.7. The molecule has 0 bridgehead atoms. The molecule has 156 valence electrons. The fraction of sp³-hybridized carbons (Fsp3) is 0.435. The van der Waals surface area contributed by atoms with Crippen LogP contribution in [0.4, 0.5) is 0 Å². The number of hydrogen-bond donors (Lipinski definition) is 0. The molecule has 1 aliphatic heterocycles. The highest BCUT2D eigenvalue weighted by atomic mass is 35.5. The minimum Gasteiger partial charge on any atom is -0.494 e. The number of fused-ring (bicyclic) bond motifs is 1. The second kappa shape index (κ2) is 10.6. The first-order valence-corrected chi connectivity index (χ1v) is 10.2. The predicted octanol–water partition coefficient (Wildman–Crippen LogP) is 4.46. The molecule has 0 radical (unpaired) electrons. The molecular weight excluding hydrogens is 386 g/mol. The van der Waals surface area contributed by atoms with Gasteiger partial charge in [0.05, 0.1) is 37.4 Å². The van der Waals surface area contributed by atoms with Gasteiger partial charge in [-0.1, -0.05) is 24.3 Å². The number of unbranched alkanes of at least 4 members (excludes halogenated alkanes) is 1. The third-order valence-corrected chi connectivity index (χ3v) is 5.24. The van der Waals surface area contributed by atoms with Crippen molar-refractivity contribution in [2.24, 2.45) is 0 Å². The van der Waals surface area contributed by atoms with E-state index in [0.717, 1.165) is 75.9 Å². The van der Waals surface area contributed by atoms with Crippen LogP contribution in [0.5, 0.6) is 5.75 Å². The SMILES string of the molecule is Cc1cccc(OCCCCn2c(CN3CCOCC3)nc3ccccc32)c1.Cl. The third kappa shape index (κ3) is 5.72. The van der Waals surface area contributed by atoms with Gasteiger partial charge in [-0.05, 0) is 49.6 Å². The maximum atomic E-state index is 5.90. The number of aryl methyl sites for hydroxylation is 2. The Morgan fingerprint density at radius 1 is 1.03 bits per heavy atom. The number of aromatic nitrogens is 2. The summed E-state index contributed by atoms with van der Waals surface area (Å²) in [6.45, 7) is 8.28. The van der Waals surface area contributed by atoms with E-state index < -0.39 is 0 Å². The van der Waals surface area contributed by atoms with Crippen LogP contribution >= 0.6 is 12.4 Å². The van der Waals surface area contributed by atoms with E-state index in [-0.39, 0.29) is 12.4 Å². The van der Waals surface area contributed by atoms with Crippen LogP contribution in [-0.2, 0) is 17.8 Å². The number of imidazole rings is 1. The summed E-state index contributed by atoms with van der Waals surface area (Å²) in [7, 11) is 0. The Morgan fingerprint density at radius 2 is 1.86 bits per heavy atom. The average Bonchev–Trinajstić information content (AvgIpc) is 3.06. The fourth-order valence-electron chi connectivity index (χ4n) is 3.72. The summed E-state index contributed by atoms with van der Waals surface area (Å²) in [5, 5.41) is 0. The Balaban J connectivity index is 0.00000240. The van der Waals surface area contributed by atoms with E-state index in [2.05, 4.69) is 52.8 Å². The second-order valence-electron chi connectivity index (χ2n) is 7.43. The zero-order valence-electron chi connectivity index (χ0n) is 17.0. The zero-order chi connectivity index (χ0) is 19.2. The predicted molar refractivity (Wildman–Crippen MR) is 119 cm³/mol. The van der Waals surface area contributed by atoms with Crippen molar-refractivity contribution in [3.8, 4) is 5.75 Å². The van der Waals surface area contributed by atoms with E-state index in [1.165, 1.54) is 11.1 Å². The maximum Gasteiger partial charge on any atom is 0.124 e. The fourth-order valence-corrected chi connectivity index (χ4v) is 3.72. The lowest BCUT2D eigenvalue weighted by Gasteiger charge is -2.26. The molecule has 0 N–H and O–H groups in total. The van der Waals surface area contributed by atoms with E-state index in [4.69, 9.17) is 14.5 Å². The van der Waals surface area contributed by atoms with Crippen LogP contribution in [0.2, 0.25) is 0 Å². The number of halogens is 1. The molecule has 1 saturated heterocycles. The highest BCUT2D eigenvalue weighted by molar-refractivity contribution is 5.85. The molecule has 29 heavy (non-hydrogen) atoms. The van der Waals surface area contributed by atoms with Crippen molar-refractivity contribution in [1.29, 1.82) is 0 Å². The summed E-state index contributed by atoms with van der Waals surface area (Å²) in [6.07, 6.45) is 2.10. The van der Waals surface area contributed by atoms with Gasteiger partial charge in [0.15, 0.2) is 0 Å². The number of nitrogens with zero attached hydrogens (tertiary/aromatic N) is 3. The van der Waals surface area contributed by atoms with Crippen molar-refractivity contribution in [1.82, 2.24) is 14.5 Å². The van der Waals surface area contributed by atoms with Gasteiger partial charge in [-0.3, -0.25) is 4.90 Å². The third-order valence-electron chi connectivity index (χ3n) is 5.24. The van der Waals surface area contributed by atoms with Gasteiger partial charge in [0.2, 0.25) is 0 Å². The molecule has 0 unspecified atom stereocenters. The first-order valence-electron chi connectivity index (χ1n) is 10.2. The smallest absolute Gasteiger partial charge is 0.124 e. The highest BCUT2D eigenvalue weighted by Gasteiger charge is 2.16. The van der Waals surface area contributed by atoms with Crippen molar-refractivity contribution in [3.63, 3.8) is 0 Å². The molecule has 2 aromatic carbocycles. The van der Waals surface area contributed by atoms with Crippen LogP contribution in [0.25, 0.3) is 11.0 Å². The van der Waals surface area contributed by atoms with Gasteiger partial charge in [0, 0.05) is 19.6 Å². The Hall–Kier alpha value is -2.08. The van der Waals surface area contributed by atoms with E-state index in [1.54, 1.807) is 0 Å². The van der Waals surface area contributed by atoms with Crippen LogP contribution in [0, 0.1) is 6.92 Å². The standard InChI is InChI=1S/C23H29N3O2.ClH/c1-19-7-6-8-20(17-19)28-14-5-4-11-26-22-10-3-2-9-21(22)24-23(26)18-25-12-15-27-16-13-25;/h2-3,6-10,17H,4-5,11-16,18H2,1H3;1H. The number of hydrogen-bond acceptors (Lipinski definition) is 4. The van der Waals surface area contributed by atoms with Crippen LogP contribution in [0.15, 0.2) is 48.5 Å². The van der Waals surface area contributed by atoms with Gasteiger partial charge in [0.1, 0.15) is 11.6 Å². The van der Waals surface area contributed by atoms with Gasteiger partial charge in [0.25, 0.3) is 0 Å². The molecule has 2 heterocycles. The van der Waals surface area contributed by atoms with Crippen molar-refractivity contribution in [3.05, 3.63) is 59.9 Å². The quantitative estimate of drug-likeness (QED) is 0.509. The summed E-state index contributed by atoms with van der Waals surface area (Å²) in [5.41, 5.74) is 3.54. The molecular formula is C23H30ClN3O2. The molecule has 4 rings (SSSR count). The summed E-state index contributed by atoms with van der Waals surface area (Å²) in [4.78, 5) is 7.34. The summed E-state index contributed by atoms with van der Waals surface area (Å²) in [6, 6.07) is 16.7. The van der Waals surface area contributed by atoms with Crippen LogP contribution in [-0.4, -0.2) is 47.4 Å². The van der Waals surface area contributed by atoms with Gasteiger partial charge in [-0.2, -0.15) is 0 Å². The van der Waals surface area contributed by atoms with Crippen molar-refractivity contribution in [2.75, 3.05) is 32.9 Å². The van der Waals surface area contributed by atoms with E-state index >= 15 is 0 Å². The van der Waals surface area contributed by atoms with Crippen molar-refractivity contribution in [2.45, 2.75) is 32.9 Å². The van der Waals surface area contributed by atoms with E-state index in [9.17, 15) is 0 Å². The first-order chi connectivity index (χ1) is 13.8. The lowest BCUT2D eigenvalue weighted by molar-refractivity contribution is 0.0326. The molecule has 5 nitrogen and oxygen atoms in total. The topological polar surface area (TPSA) is 39.5 Å². The molecule has 0 saturated carbocycles. The Kier molecular flexibility index (Phi) is 7.92. The summed E-state index contributed by atoms with van der Waals surface area (Å²) >= 11 is 0. The number of rotatable bonds is 8. The van der Waals surface area contributed by atoms with Crippen molar-refractivity contribution < 1.29 is 9.47 Å². The number of morpholine rings is 1. The molecule has 0 amide bonds. The number of para-hydroxylation sites is 2. The summed E-state index contributed by atoms with van der Waals surface area (Å²) in [5.74, 6) is 2.11. The second-order valence-corrected chi connectivity index (χ2v) is 7.43. The van der Waals surface area contributed by atoms with Crippen molar-refractivity contribution >= 4 is 23.4 Å². The van der Waals surface area contributed by atoms with Crippen LogP contribution < -0.4 is 4.74 Å². The molecule has 1 aliphatic rings. The van der Waals surface area contributed by atoms with Gasteiger partial charge < -0.3 is 14.0 Å². The van der Waals surface area contributed by atoms with Crippen LogP contribution in [0.3, 0.4) is 0 Å². The molecule has 0 atom stereocenters. The Bertz CT molecular complexity index is 906. The molecule has 1 aromatic heterocycles. The molecule has 1 fully saturated rings. The van der Waals surface area contributed by atoms with Gasteiger partial charge in [-0.15, -0.1) is 12.4 Å². The summed E-state index contributed by atoms with van der Waals surface area (Å²) < 4.78 is 13.8. The van der Waals surface area contributed by atoms with Gasteiger partial charge in [-0.25, -0.2) is 4.98 Å². The first kappa shape index (κ1) is 21.6. The molecule has 0 spiro atoms. The highest BCUT2D eigenvalue weighted by Crippen LogP contribution is 2.19. The minimum absolute atomic E-state index is 0. The minimum atomic E-state index is 0. The molecule has 0 aliphatic carbocycles. The maximum absolute atomic E-state index is 5.90. The molecule has 6 heteroatoms. The largest absolute Gasteiger partial charge is 0.494 e. The lowest BCUT2D eigenvalue weighted by atomic mass is 10.2. The zero-order valence-corrected chi connectivity index (χ0v) is 17.9. The van der Waals surface area contributed by atoms with Gasteiger partial charge >= 0.3 is 0 Å². The average molecular weight is 416 g/mol. The number of benzene rings is 2. The monoisotopic (exact) mass is 415 g/mol. The lowest BCUT2D eigenvalue weighted by Crippen LogP contribution is -2.36. The van der Waals surface area contributed by atoms with E-state index in [1.807, 2.05) is 12.1 Å². The van der Waals surface area contributed by atoms with E-state index in [0.29, 0.717) is 0 Å². The Morgan fingerprint density at radius 3 is 2.69 bits per heavy atom. The molecule has 3 aromatic rings. The van der Waals surface area contributed by atoms with Crippen LogP contribution in [0.1, 0.15) is 24.2 Å².